The van der Waals surface area contributed by atoms with Crippen LogP contribution in [0, 0.1) is 19.3 Å². The second kappa shape index (κ2) is 9.85. The monoisotopic (exact) mass is 390 g/mol. The van der Waals surface area contributed by atoms with Crippen molar-refractivity contribution in [2.75, 3.05) is 29.9 Å². The summed E-state index contributed by atoms with van der Waals surface area (Å²) in [6.45, 7) is 4.32. The van der Waals surface area contributed by atoms with Gasteiger partial charge in [0.2, 0.25) is 11.8 Å². The smallest absolute Gasteiger partial charge is 0.227 e. The van der Waals surface area contributed by atoms with Gasteiger partial charge >= 0.3 is 0 Å². The van der Waals surface area contributed by atoms with Crippen LogP contribution in [0.2, 0.25) is 0 Å². The zero-order valence-electron chi connectivity index (χ0n) is 16.7. The molecule has 0 aliphatic carbocycles. The molecule has 0 radical (unpaired) electrons. The number of aromatic nitrogens is 1. The van der Waals surface area contributed by atoms with Crippen molar-refractivity contribution in [3.05, 3.63) is 53.9 Å². The zero-order valence-corrected chi connectivity index (χ0v) is 16.7. The number of carbonyl (C=O) groups is 2. The molecule has 0 saturated carbocycles. The molecule has 29 heavy (non-hydrogen) atoms. The molecule has 3 rings (SSSR count). The third-order valence-electron chi connectivity index (χ3n) is 4.84. The van der Waals surface area contributed by atoms with Crippen molar-refractivity contribution in [1.82, 2.24) is 9.88 Å². The molecule has 2 aromatic rings. The number of amides is 2. The van der Waals surface area contributed by atoms with Crippen LogP contribution in [0.15, 0.2) is 42.5 Å². The normalized spacial score (nSPS) is 13.6. The average molecular weight is 390 g/mol. The minimum Gasteiger partial charge on any atom is -0.326 e. The van der Waals surface area contributed by atoms with Crippen LogP contribution >= 0.6 is 0 Å². The van der Waals surface area contributed by atoms with Crippen LogP contribution < -0.4 is 10.2 Å². The predicted octanol–water partition coefficient (Wildman–Crippen LogP) is 2.98. The van der Waals surface area contributed by atoms with E-state index in [4.69, 9.17) is 6.42 Å². The molecular weight excluding hydrogens is 364 g/mol. The Labute approximate surface area is 171 Å². The number of rotatable bonds is 8. The van der Waals surface area contributed by atoms with Gasteiger partial charge in [0.25, 0.3) is 0 Å². The molecule has 1 aliphatic rings. The van der Waals surface area contributed by atoms with Crippen molar-refractivity contribution >= 4 is 23.2 Å². The number of nitrogens with zero attached hydrogens (tertiary/aromatic N) is 3. The van der Waals surface area contributed by atoms with Crippen LogP contribution in [0.1, 0.15) is 30.7 Å². The minimum atomic E-state index is -0.0748. The molecule has 0 unspecified atom stereocenters. The average Bonchev–Trinajstić information content (AvgIpc) is 3.13. The highest BCUT2D eigenvalue weighted by atomic mass is 16.2. The summed E-state index contributed by atoms with van der Waals surface area (Å²) in [5, 5.41) is 2.91. The molecule has 1 aromatic heterocycles. The molecule has 1 saturated heterocycles. The maximum absolute atomic E-state index is 12.4. The highest BCUT2D eigenvalue weighted by molar-refractivity contribution is 5.96. The molecular formula is C23H26N4O2. The van der Waals surface area contributed by atoms with E-state index in [1.54, 1.807) is 4.90 Å². The van der Waals surface area contributed by atoms with Gasteiger partial charge in [-0.2, -0.15) is 0 Å². The van der Waals surface area contributed by atoms with E-state index in [1.807, 2.05) is 54.3 Å². The lowest BCUT2D eigenvalue weighted by molar-refractivity contribution is -0.117. The van der Waals surface area contributed by atoms with Crippen LogP contribution in [0.25, 0.3) is 0 Å². The van der Waals surface area contributed by atoms with Crippen LogP contribution in [0.5, 0.6) is 0 Å². The number of benzene rings is 1. The van der Waals surface area contributed by atoms with E-state index >= 15 is 0 Å². The van der Waals surface area contributed by atoms with Gasteiger partial charge < -0.3 is 10.2 Å². The van der Waals surface area contributed by atoms with Crippen molar-refractivity contribution in [3.8, 4) is 12.3 Å². The SMILES string of the molecule is C#CCN(CCC(=O)Nc1ccc(N2CCCC2=O)cc1)Cc1cccc(C)n1. The van der Waals surface area contributed by atoms with Gasteiger partial charge in [-0.3, -0.25) is 19.5 Å². The Morgan fingerprint density at radius 3 is 2.72 bits per heavy atom. The summed E-state index contributed by atoms with van der Waals surface area (Å²) in [5.41, 5.74) is 3.48. The van der Waals surface area contributed by atoms with E-state index in [9.17, 15) is 9.59 Å². The molecule has 1 aliphatic heterocycles. The standard InChI is InChI=1S/C23H26N4O2/c1-3-14-26(17-20-7-4-6-18(2)24-20)16-13-22(28)25-19-9-11-21(12-10-19)27-15-5-8-23(27)29/h1,4,6-7,9-12H,5,8,13-17H2,2H3,(H,25,28). The second-order valence-corrected chi connectivity index (χ2v) is 7.18. The van der Waals surface area contributed by atoms with Gasteiger partial charge in [0.15, 0.2) is 0 Å². The summed E-state index contributed by atoms with van der Waals surface area (Å²) in [6.07, 6.45) is 7.31. The first kappa shape index (κ1) is 20.6. The molecule has 1 aromatic carbocycles. The van der Waals surface area contributed by atoms with Crippen LogP contribution in [-0.2, 0) is 16.1 Å². The van der Waals surface area contributed by atoms with Crippen LogP contribution in [-0.4, -0.2) is 41.3 Å². The number of anilines is 2. The highest BCUT2D eigenvalue weighted by Gasteiger charge is 2.21. The number of hydrogen-bond donors (Lipinski definition) is 1. The van der Waals surface area contributed by atoms with E-state index in [2.05, 4.69) is 16.2 Å². The van der Waals surface area contributed by atoms with Crippen molar-refractivity contribution in [1.29, 1.82) is 0 Å². The summed E-state index contributed by atoms with van der Waals surface area (Å²) in [6, 6.07) is 13.3. The Morgan fingerprint density at radius 1 is 1.28 bits per heavy atom. The maximum atomic E-state index is 12.4. The number of terminal acetylenes is 1. The molecule has 1 fully saturated rings. The number of carbonyl (C=O) groups excluding carboxylic acids is 2. The van der Waals surface area contributed by atoms with Gasteiger partial charge in [-0.25, -0.2) is 0 Å². The number of nitrogens with one attached hydrogen (secondary N) is 1. The molecule has 2 heterocycles. The van der Waals surface area contributed by atoms with Crippen LogP contribution in [0.4, 0.5) is 11.4 Å². The Hall–Kier alpha value is -3.17. The van der Waals surface area contributed by atoms with E-state index in [1.165, 1.54) is 0 Å². The Balaban J connectivity index is 1.51. The molecule has 0 spiro atoms. The van der Waals surface area contributed by atoms with Gasteiger partial charge in [0, 0.05) is 49.5 Å². The summed E-state index contributed by atoms with van der Waals surface area (Å²) in [7, 11) is 0. The second-order valence-electron chi connectivity index (χ2n) is 7.18. The summed E-state index contributed by atoms with van der Waals surface area (Å²) >= 11 is 0. The van der Waals surface area contributed by atoms with Crippen molar-refractivity contribution < 1.29 is 9.59 Å². The van der Waals surface area contributed by atoms with Gasteiger partial charge in [-0.05, 0) is 49.7 Å². The molecule has 1 N–H and O–H groups in total. The Kier molecular flexibility index (Phi) is 6.99. The fourth-order valence-corrected chi connectivity index (χ4v) is 3.39. The Morgan fingerprint density at radius 2 is 2.07 bits per heavy atom. The summed E-state index contributed by atoms with van der Waals surface area (Å²) < 4.78 is 0. The first-order valence-electron chi connectivity index (χ1n) is 9.84. The van der Waals surface area contributed by atoms with Crippen molar-refractivity contribution in [3.63, 3.8) is 0 Å². The van der Waals surface area contributed by atoms with Crippen molar-refractivity contribution in [2.24, 2.45) is 0 Å². The van der Waals surface area contributed by atoms with E-state index in [-0.39, 0.29) is 11.8 Å². The molecule has 150 valence electrons. The molecule has 6 nitrogen and oxygen atoms in total. The Bertz CT molecular complexity index is 902. The first-order chi connectivity index (χ1) is 14.0. The molecule has 2 amide bonds. The molecule has 0 atom stereocenters. The van der Waals surface area contributed by atoms with E-state index in [0.717, 1.165) is 30.0 Å². The fourth-order valence-electron chi connectivity index (χ4n) is 3.39. The number of hydrogen-bond acceptors (Lipinski definition) is 4. The maximum Gasteiger partial charge on any atom is 0.227 e. The largest absolute Gasteiger partial charge is 0.326 e. The van der Waals surface area contributed by atoms with E-state index in [0.29, 0.717) is 38.2 Å². The highest BCUT2D eigenvalue weighted by Crippen LogP contribution is 2.23. The van der Waals surface area contributed by atoms with Crippen molar-refractivity contribution in [2.45, 2.75) is 32.7 Å². The number of pyridine rings is 1. The summed E-state index contributed by atoms with van der Waals surface area (Å²) in [5.74, 6) is 2.72. The fraction of sp³-hybridized carbons (Fsp3) is 0.348. The zero-order chi connectivity index (χ0) is 20.6. The van der Waals surface area contributed by atoms with Gasteiger partial charge in [0.1, 0.15) is 0 Å². The topological polar surface area (TPSA) is 65.5 Å². The lowest BCUT2D eigenvalue weighted by Crippen LogP contribution is -2.28. The van der Waals surface area contributed by atoms with E-state index < -0.39 is 0 Å². The quantitative estimate of drug-likeness (QED) is 0.704. The molecule has 0 bridgehead atoms. The summed E-state index contributed by atoms with van der Waals surface area (Å²) in [4.78, 5) is 32.5. The van der Waals surface area contributed by atoms with Gasteiger partial charge in [-0.15, -0.1) is 6.42 Å². The predicted molar refractivity (Wildman–Crippen MR) is 114 cm³/mol. The van der Waals surface area contributed by atoms with Crippen LogP contribution in [0.3, 0.4) is 0 Å². The lowest BCUT2D eigenvalue weighted by atomic mass is 10.2. The third-order valence-corrected chi connectivity index (χ3v) is 4.84. The minimum absolute atomic E-state index is 0.0748. The third kappa shape index (κ3) is 5.90. The first-order valence-corrected chi connectivity index (χ1v) is 9.84. The lowest BCUT2D eigenvalue weighted by Gasteiger charge is -2.19. The molecule has 6 heteroatoms. The van der Waals surface area contributed by atoms with Gasteiger partial charge in [-0.1, -0.05) is 12.0 Å². The number of aryl methyl sites for hydroxylation is 1. The van der Waals surface area contributed by atoms with Gasteiger partial charge in [0.05, 0.1) is 12.2 Å².